The number of para-hydroxylation sites is 1. The van der Waals surface area contributed by atoms with Gasteiger partial charge in [-0.25, -0.2) is 9.18 Å². The molecule has 0 amide bonds. The second-order valence-corrected chi connectivity index (χ2v) is 3.17. The number of rotatable bonds is 4. The van der Waals surface area contributed by atoms with Gasteiger partial charge in [0.2, 0.25) is 0 Å². The van der Waals surface area contributed by atoms with E-state index in [1.54, 1.807) is 0 Å². The monoisotopic (exact) mass is 228 g/mol. The van der Waals surface area contributed by atoms with Crippen LogP contribution in [-0.2, 0) is 16.1 Å². The number of benzene rings is 1. The van der Waals surface area contributed by atoms with E-state index in [1.807, 2.05) is 0 Å². The fourth-order valence-corrected chi connectivity index (χ4v) is 1.20. The smallest absolute Gasteiger partial charge is 0.346 e. The Morgan fingerprint density at radius 1 is 1.56 bits per heavy atom. The third-order valence-electron chi connectivity index (χ3n) is 2.05. The van der Waals surface area contributed by atoms with Crippen molar-refractivity contribution in [1.29, 1.82) is 0 Å². The van der Waals surface area contributed by atoms with Crippen LogP contribution in [0.25, 0.3) is 0 Å². The summed E-state index contributed by atoms with van der Waals surface area (Å²) in [4.78, 5) is 11.1. The maximum Gasteiger partial charge on any atom is 0.346 e. The van der Waals surface area contributed by atoms with Crippen molar-refractivity contribution in [3.8, 4) is 5.75 Å². The highest BCUT2D eigenvalue weighted by Crippen LogP contribution is 2.23. The van der Waals surface area contributed by atoms with E-state index in [0.29, 0.717) is 0 Å². The number of hydrogen-bond acceptors (Lipinski definition) is 4. The summed E-state index contributed by atoms with van der Waals surface area (Å²) in [6.07, 6.45) is -0.924. The van der Waals surface area contributed by atoms with Crippen molar-refractivity contribution in [3.05, 3.63) is 29.6 Å². The third kappa shape index (κ3) is 2.70. The molecule has 4 nitrogen and oxygen atoms in total. The van der Waals surface area contributed by atoms with Gasteiger partial charge < -0.3 is 14.6 Å². The zero-order valence-electron chi connectivity index (χ0n) is 9.07. The molecule has 1 rings (SSSR count). The van der Waals surface area contributed by atoms with Crippen LogP contribution in [0.4, 0.5) is 4.39 Å². The maximum absolute atomic E-state index is 13.4. The van der Waals surface area contributed by atoms with Crippen LogP contribution in [0.5, 0.6) is 5.75 Å². The van der Waals surface area contributed by atoms with Gasteiger partial charge in [-0.05, 0) is 13.0 Å². The average molecular weight is 228 g/mol. The molecule has 0 fully saturated rings. The number of aliphatic hydroxyl groups excluding tert-OH is 1. The molecule has 0 saturated heterocycles. The molecule has 1 unspecified atom stereocenters. The van der Waals surface area contributed by atoms with Gasteiger partial charge in [0.05, 0.1) is 13.7 Å². The summed E-state index contributed by atoms with van der Waals surface area (Å²) in [7, 11) is 1.22. The summed E-state index contributed by atoms with van der Waals surface area (Å²) >= 11 is 0. The molecular weight excluding hydrogens is 215 g/mol. The lowest BCUT2D eigenvalue weighted by Crippen LogP contribution is -2.25. The van der Waals surface area contributed by atoms with Crippen LogP contribution in [0.15, 0.2) is 18.2 Å². The van der Waals surface area contributed by atoms with E-state index in [9.17, 15) is 9.18 Å². The number of aliphatic hydroxyl groups is 1. The van der Waals surface area contributed by atoms with Crippen molar-refractivity contribution in [2.24, 2.45) is 0 Å². The largest absolute Gasteiger partial charge is 0.476 e. The Morgan fingerprint density at radius 2 is 2.25 bits per heavy atom. The van der Waals surface area contributed by atoms with Crippen molar-refractivity contribution >= 4 is 5.97 Å². The fraction of sp³-hybridized carbons (Fsp3) is 0.364. The highest BCUT2D eigenvalue weighted by molar-refractivity contribution is 5.74. The van der Waals surface area contributed by atoms with Crippen LogP contribution >= 0.6 is 0 Å². The molecule has 0 radical (unpaired) electrons. The molecule has 0 aromatic heterocycles. The lowest BCUT2D eigenvalue weighted by Gasteiger charge is -2.15. The van der Waals surface area contributed by atoms with Crippen LogP contribution < -0.4 is 4.74 Å². The Labute approximate surface area is 92.6 Å². The summed E-state index contributed by atoms with van der Waals surface area (Å²) < 4.78 is 22.9. The molecule has 1 aromatic rings. The number of hydrogen-bond donors (Lipinski definition) is 1. The second kappa shape index (κ2) is 5.46. The van der Waals surface area contributed by atoms with Gasteiger partial charge in [-0.3, -0.25) is 0 Å². The molecule has 16 heavy (non-hydrogen) atoms. The molecule has 0 saturated carbocycles. The lowest BCUT2D eigenvalue weighted by atomic mass is 10.2. The van der Waals surface area contributed by atoms with Gasteiger partial charge in [-0.1, -0.05) is 12.1 Å². The van der Waals surface area contributed by atoms with Crippen molar-refractivity contribution < 1.29 is 23.8 Å². The topological polar surface area (TPSA) is 55.8 Å². The van der Waals surface area contributed by atoms with E-state index >= 15 is 0 Å². The number of methoxy groups -OCH3 is 1. The predicted molar refractivity (Wildman–Crippen MR) is 54.4 cm³/mol. The van der Waals surface area contributed by atoms with Crippen molar-refractivity contribution in [2.75, 3.05) is 7.11 Å². The molecule has 88 valence electrons. The Balaban J connectivity index is 2.91. The molecule has 0 spiro atoms. The maximum atomic E-state index is 13.4. The minimum atomic E-state index is -0.924. The van der Waals surface area contributed by atoms with Crippen LogP contribution in [0, 0.1) is 5.82 Å². The van der Waals surface area contributed by atoms with E-state index in [1.165, 1.54) is 32.2 Å². The van der Waals surface area contributed by atoms with Gasteiger partial charge >= 0.3 is 5.97 Å². The molecule has 0 bridgehead atoms. The minimum Gasteiger partial charge on any atom is -0.476 e. The van der Waals surface area contributed by atoms with Crippen LogP contribution in [0.2, 0.25) is 0 Å². The van der Waals surface area contributed by atoms with Crippen molar-refractivity contribution in [1.82, 2.24) is 0 Å². The first-order valence-corrected chi connectivity index (χ1v) is 4.73. The molecule has 0 aliphatic rings. The molecule has 1 atom stereocenters. The minimum absolute atomic E-state index is 0.122. The zero-order chi connectivity index (χ0) is 12.1. The lowest BCUT2D eigenvalue weighted by molar-refractivity contribution is -0.148. The molecule has 1 N–H and O–H groups in total. The van der Waals surface area contributed by atoms with E-state index < -0.39 is 17.9 Å². The summed E-state index contributed by atoms with van der Waals surface area (Å²) in [5, 5.41) is 8.99. The fourth-order valence-electron chi connectivity index (χ4n) is 1.20. The van der Waals surface area contributed by atoms with Crippen LogP contribution in [-0.4, -0.2) is 24.3 Å². The van der Waals surface area contributed by atoms with E-state index in [0.717, 1.165) is 0 Å². The second-order valence-electron chi connectivity index (χ2n) is 3.17. The first kappa shape index (κ1) is 12.4. The Hall–Kier alpha value is -1.62. The van der Waals surface area contributed by atoms with Gasteiger partial charge in [0, 0.05) is 5.56 Å². The highest BCUT2D eigenvalue weighted by Gasteiger charge is 2.18. The van der Waals surface area contributed by atoms with Crippen LogP contribution in [0.3, 0.4) is 0 Å². The Morgan fingerprint density at radius 3 is 2.81 bits per heavy atom. The first-order chi connectivity index (χ1) is 7.60. The van der Waals surface area contributed by atoms with E-state index in [4.69, 9.17) is 9.84 Å². The number of halogens is 1. The molecule has 0 aliphatic carbocycles. The van der Waals surface area contributed by atoms with Gasteiger partial charge in [0.15, 0.2) is 17.7 Å². The average Bonchev–Trinajstić information content (AvgIpc) is 2.30. The van der Waals surface area contributed by atoms with Gasteiger partial charge in [0.25, 0.3) is 0 Å². The number of esters is 1. The quantitative estimate of drug-likeness (QED) is 0.788. The molecule has 5 heteroatoms. The van der Waals surface area contributed by atoms with Crippen molar-refractivity contribution in [3.63, 3.8) is 0 Å². The van der Waals surface area contributed by atoms with Crippen LogP contribution in [0.1, 0.15) is 12.5 Å². The third-order valence-corrected chi connectivity index (χ3v) is 2.05. The SMILES string of the molecule is COC(=O)C(C)Oc1c(F)cccc1CO. The van der Waals surface area contributed by atoms with Gasteiger partial charge in [-0.2, -0.15) is 0 Å². The first-order valence-electron chi connectivity index (χ1n) is 4.73. The van der Waals surface area contributed by atoms with Crippen molar-refractivity contribution in [2.45, 2.75) is 19.6 Å². The zero-order valence-corrected chi connectivity index (χ0v) is 9.07. The summed E-state index contributed by atoms with van der Waals surface area (Å²) in [5.74, 6) is -1.35. The highest BCUT2D eigenvalue weighted by atomic mass is 19.1. The number of carbonyl (C=O) groups excluding carboxylic acids is 1. The predicted octanol–water partition coefficient (Wildman–Crippen LogP) is 1.26. The van der Waals surface area contributed by atoms with Gasteiger partial charge in [-0.15, -0.1) is 0 Å². The summed E-state index contributed by atoms with van der Waals surface area (Å²) in [6.45, 7) is 1.08. The van der Waals surface area contributed by atoms with Gasteiger partial charge in [0.1, 0.15) is 0 Å². The number of ether oxygens (including phenoxy) is 2. The van der Waals surface area contributed by atoms with E-state index in [2.05, 4.69) is 4.74 Å². The Bertz CT molecular complexity index is 378. The molecular formula is C11H13FO4. The normalized spacial score (nSPS) is 12.0. The van der Waals surface area contributed by atoms with E-state index in [-0.39, 0.29) is 17.9 Å². The molecule has 0 aliphatic heterocycles. The summed E-state index contributed by atoms with van der Waals surface area (Å²) in [6, 6.07) is 4.16. The Kier molecular flexibility index (Phi) is 4.25. The number of carbonyl (C=O) groups is 1. The molecule has 0 heterocycles. The standard InChI is InChI=1S/C11H13FO4/c1-7(11(14)15-2)16-10-8(6-13)4-3-5-9(10)12/h3-5,7,13H,6H2,1-2H3. The summed E-state index contributed by atoms with van der Waals surface area (Å²) in [5.41, 5.74) is 0.288. The molecule has 1 aromatic carbocycles.